The predicted octanol–water partition coefficient (Wildman–Crippen LogP) is 2.58. The van der Waals surface area contributed by atoms with Crippen molar-refractivity contribution in [1.82, 2.24) is 19.8 Å². The van der Waals surface area contributed by atoms with Crippen molar-refractivity contribution in [2.24, 2.45) is 5.92 Å². The summed E-state index contributed by atoms with van der Waals surface area (Å²) in [5, 5.41) is 3.75. The fourth-order valence-electron chi connectivity index (χ4n) is 4.60. The van der Waals surface area contributed by atoms with Gasteiger partial charge in [0.05, 0.1) is 23.5 Å². The lowest BCUT2D eigenvalue weighted by atomic mass is 10.0. The van der Waals surface area contributed by atoms with Gasteiger partial charge < -0.3 is 10.1 Å². The van der Waals surface area contributed by atoms with E-state index < -0.39 is 0 Å². The first-order valence-electron chi connectivity index (χ1n) is 11.1. The molecule has 1 unspecified atom stereocenters. The number of amides is 1. The first-order chi connectivity index (χ1) is 14.5. The lowest BCUT2D eigenvalue weighted by Gasteiger charge is -2.36. The Morgan fingerprint density at radius 3 is 2.70 bits per heavy atom. The predicted molar refractivity (Wildman–Crippen MR) is 120 cm³/mol. The smallest absolute Gasteiger partial charge is 0.262 e. The molecule has 0 radical (unpaired) electrons. The normalized spacial score (nSPS) is 18.9. The minimum absolute atomic E-state index is 0.0121. The van der Waals surface area contributed by atoms with Crippen molar-refractivity contribution in [3.8, 4) is 0 Å². The largest absolute Gasteiger partial charge is 0.379 e. The minimum Gasteiger partial charge on any atom is -0.379 e. The summed E-state index contributed by atoms with van der Waals surface area (Å²) in [5.74, 6) is 1.19. The number of hydrogen-bond acceptors (Lipinski definition) is 6. The van der Waals surface area contributed by atoms with E-state index in [4.69, 9.17) is 9.72 Å². The van der Waals surface area contributed by atoms with Crippen molar-refractivity contribution in [3.63, 3.8) is 0 Å². The lowest BCUT2D eigenvalue weighted by Crippen LogP contribution is -2.51. The van der Waals surface area contributed by atoms with Crippen molar-refractivity contribution < 1.29 is 9.53 Å². The van der Waals surface area contributed by atoms with Crippen molar-refractivity contribution in [1.29, 1.82) is 0 Å². The van der Waals surface area contributed by atoms with Crippen LogP contribution in [0.5, 0.6) is 0 Å². The number of hydrogen-bond donors (Lipinski definition) is 1. The quantitative estimate of drug-likeness (QED) is 0.786. The Hall–Kier alpha value is -1.77. The summed E-state index contributed by atoms with van der Waals surface area (Å²) in [6.07, 6.45) is 4.03. The molecule has 4 heterocycles. The molecular formula is C22H32N4O3S. The lowest BCUT2D eigenvalue weighted by molar-refractivity contribution is 0.00674. The Morgan fingerprint density at radius 2 is 1.97 bits per heavy atom. The van der Waals surface area contributed by atoms with E-state index in [1.54, 1.807) is 0 Å². The standard InChI is InChI=1S/C22H32N4O3S/c1-14(2)16(25-9-11-29-12-10-25)13-23-20(27)19-15(3)18-21(30-19)24-17-7-5-4-6-8-26(17)22(18)28/h14,16H,4-13H2,1-3H3,(H,23,27). The van der Waals surface area contributed by atoms with Crippen LogP contribution in [0.2, 0.25) is 0 Å². The molecule has 1 saturated heterocycles. The summed E-state index contributed by atoms with van der Waals surface area (Å²) in [5.41, 5.74) is 0.773. The summed E-state index contributed by atoms with van der Waals surface area (Å²) in [6, 6.07) is 0.271. The van der Waals surface area contributed by atoms with Crippen LogP contribution in [0.15, 0.2) is 4.79 Å². The maximum absolute atomic E-state index is 13.1. The van der Waals surface area contributed by atoms with Gasteiger partial charge in [-0.25, -0.2) is 4.98 Å². The third-order valence-corrected chi connectivity index (χ3v) is 7.56. The maximum atomic E-state index is 13.1. The summed E-state index contributed by atoms with van der Waals surface area (Å²) in [7, 11) is 0. The minimum atomic E-state index is -0.103. The molecule has 4 rings (SSSR count). The molecule has 1 fully saturated rings. The van der Waals surface area contributed by atoms with E-state index in [0.29, 0.717) is 27.6 Å². The van der Waals surface area contributed by atoms with E-state index >= 15 is 0 Å². The van der Waals surface area contributed by atoms with Crippen LogP contribution in [-0.2, 0) is 17.7 Å². The van der Waals surface area contributed by atoms with Crippen LogP contribution >= 0.6 is 11.3 Å². The fourth-order valence-corrected chi connectivity index (χ4v) is 5.71. The van der Waals surface area contributed by atoms with Gasteiger partial charge >= 0.3 is 0 Å². The Balaban J connectivity index is 1.56. The van der Waals surface area contributed by atoms with Crippen LogP contribution in [0, 0.1) is 12.8 Å². The molecule has 0 saturated carbocycles. The van der Waals surface area contributed by atoms with Gasteiger partial charge in [0.15, 0.2) is 0 Å². The highest BCUT2D eigenvalue weighted by Crippen LogP contribution is 2.28. The molecule has 2 aromatic rings. The number of carbonyl (C=O) groups excluding carboxylic acids is 1. The van der Waals surface area contributed by atoms with E-state index in [9.17, 15) is 9.59 Å². The number of aryl methyl sites for hydroxylation is 2. The van der Waals surface area contributed by atoms with Crippen LogP contribution in [0.1, 0.15) is 54.2 Å². The third-order valence-electron chi connectivity index (χ3n) is 6.37. The van der Waals surface area contributed by atoms with Crippen LogP contribution in [0.3, 0.4) is 0 Å². The first-order valence-corrected chi connectivity index (χ1v) is 11.9. The van der Waals surface area contributed by atoms with Crippen molar-refractivity contribution in [3.05, 3.63) is 26.6 Å². The molecular weight excluding hydrogens is 400 g/mol. The van der Waals surface area contributed by atoms with Gasteiger partial charge in [-0.05, 0) is 31.2 Å². The van der Waals surface area contributed by atoms with Crippen molar-refractivity contribution in [2.45, 2.75) is 59.0 Å². The molecule has 2 aliphatic heterocycles. The molecule has 7 nitrogen and oxygen atoms in total. The van der Waals surface area contributed by atoms with E-state index in [-0.39, 0.29) is 17.5 Å². The molecule has 2 aliphatic rings. The maximum Gasteiger partial charge on any atom is 0.262 e. The second kappa shape index (κ2) is 9.16. The second-order valence-corrected chi connectivity index (χ2v) is 9.70. The zero-order chi connectivity index (χ0) is 21.3. The highest BCUT2D eigenvalue weighted by Gasteiger charge is 2.26. The monoisotopic (exact) mass is 432 g/mol. The average Bonchev–Trinajstić information content (AvgIpc) is 2.90. The molecule has 0 aliphatic carbocycles. The van der Waals surface area contributed by atoms with Gasteiger partial charge in [0.2, 0.25) is 0 Å². The number of fused-ring (bicyclic) bond motifs is 2. The number of nitrogens with one attached hydrogen (secondary N) is 1. The Kier molecular flexibility index (Phi) is 6.55. The van der Waals surface area contributed by atoms with Crippen LogP contribution < -0.4 is 10.9 Å². The molecule has 0 aromatic carbocycles. The number of morpholine rings is 1. The van der Waals surface area contributed by atoms with Crippen molar-refractivity contribution >= 4 is 27.5 Å². The molecule has 0 bridgehead atoms. The SMILES string of the molecule is Cc1c(C(=O)NCC(C(C)C)N2CCOCC2)sc2nc3n(c(=O)c12)CCCCC3. The van der Waals surface area contributed by atoms with Gasteiger partial charge in [-0.1, -0.05) is 20.3 Å². The third kappa shape index (κ3) is 4.18. The van der Waals surface area contributed by atoms with Crippen molar-refractivity contribution in [2.75, 3.05) is 32.8 Å². The summed E-state index contributed by atoms with van der Waals surface area (Å²) in [4.78, 5) is 34.7. The number of nitrogens with zero attached hydrogens (tertiary/aromatic N) is 3. The zero-order valence-corrected chi connectivity index (χ0v) is 19.0. The fraction of sp³-hybridized carbons (Fsp3) is 0.682. The average molecular weight is 433 g/mol. The van der Waals surface area contributed by atoms with E-state index in [0.717, 1.165) is 69.9 Å². The topological polar surface area (TPSA) is 76.5 Å². The van der Waals surface area contributed by atoms with Gasteiger partial charge in [0, 0.05) is 38.6 Å². The molecule has 164 valence electrons. The first kappa shape index (κ1) is 21.5. The van der Waals surface area contributed by atoms with Gasteiger partial charge in [-0.2, -0.15) is 0 Å². The highest BCUT2D eigenvalue weighted by atomic mass is 32.1. The summed E-state index contributed by atoms with van der Waals surface area (Å²) < 4.78 is 7.29. The van der Waals surface area contributed by atoms with Gasteiger partial charge in [0.25, 0.3) is 11.5 Å². The van der Waals surface area contributed by atoms with Crippen LogP contribution in [0.4, 0.5) is 0 Å². The summed E-state index contributed by atoms with van der Waals surface area (Å²) in [6.45, 7) is 10.8. The Labute approximate surface area is 181 Å². The zero-order valence-electron chi connectivity index (χ0n) is 18.2. The molecule has 30 heavy (non-hydrogen) atoms. The van der Waals surface area contributed by atoms with Crippen LogP contribution in [-0.4, -0.2) is 59.2 Å². The molecule has 1 atom stereocenters. The number of aromatic nitrogens is 2. The van der Waals surface area contributed by atoms with E-state index in [2.05, 4.69) is 24.1 Å². The van der Waals surface area contributed by atoms with Crippen LogP contribution in [0.25, 0.3) is 10.2 Å². The molecule has 8 heteroatoms. The number of rotatable bonds is 5. The number of thiophene rings is 1. The van der Waals surface area contributed by atoms with E-state index in [1.165, 1.54) is 11.3 Å². The summed E-state index contributed by atoms with van der Waals surface area (Å²) >= 11 is 1.35. The van der Waals surface area contributed by atoms with Gasteiger partial charge in [0.1, 0.15) is 10.7 Å². The molecule has 2 aromatic heterocycles. The van der Waals surface area contributed by atoms with Gasteiger partial charge in [-0.15, -0.1) is 11.3 Å². The molecule has 0 spiro atoms. The Bertz CT molecular complexity index is 975. The Morgan fingerprint density at radius 1 is 1.20 bits per heavy atom. The number of carbonyl (C=O) groups is 1. The van der Waals surface area contributed by atoms with E-state index in [1.807, 2.05) is 11.5 Å². The van der Waals surface area contributed by atoms with Gasteiger partial charge in [-0.3, -0.25) is 19.1 Å². The second-order valence-electron chi connectivity index (χ2n) is 8.70. The molecule has 1 amide bonds. The highest BCUT2D eigenvalue weighted by molar-refractivity contribution is 7.20. The number of ether oxygens (including phenoxy) is 1. The molecule has 1 N–H and O–H groups in total.